The van der Waals surface area contributed by atoms with Crippen LogP contribution in [0.2, 0.25) is 0 Å². The van der Waals surface area contributed by atoms with Crippen LogP contribution in [0, 0.1) is 12.8 Å². The topological polar surface area (TPSA) is 72.2 Å². The van der Waals surface area contributed by atoms with Gasteiger partial charge in [-0.15, -0.1) is 5.10 Å². The van der Waals surface area contributed by atoms with Crippen molar-refractivity contribution in [2.75, 3.05) is 5.32 Å². The van der Waals surface area contributed by atoms with Gasteiger partial charge in [-0.3, -0.25) is 10.1 Å². The zero-order chi connectivity index (χ0) is 13.2. The first-order chi connectivity index (χ1) is 9.24. The van der Waals surface area contributed by atoms with Gasteiger partial charge in [0.05, 0.1) is 0 Å². The molecule has 1 saturated carbocycles. The standard InChI is InChI=1S/C13H17N5O/c1-9-7-8-14-13-16-12(17-18(9)13)15-11(19)10-5-3-2-4-6-10/h7-8,10H,2-6H2,1H3,(H,15,17,19). The monoisotopic (exact) mass is 259 g/mol. The molecule has 1 fully saturated rings. The summed E-state index contributed by atoms with van der Waals surface area (Å²) in [6.45, 7) is 1.93. The maximum atomic E-state index is 12.1. The van der Waals surface area contributed by atoms with Crippen molar-refractivity contribution < 1.29 is 4.79 Å². The molecule has 1 N–H and O–H groups in total. The average molecular weight is 259 g/mol. The first-order valence-corrected chi connectivity index (χ1v) is 6.73. The summed E-state index contributed by atoms with van der Waals surface area (Å²) in [6, 6.07) is 1.86. The summed E-state index contributed by atoms with van der Waals surface area (Å²) in [6.07, 6.45) is 7.13. The predicted octanol–water partition coefficient (Wildman–Crippen LogP) is 1.95. The van der Waals surface area contributed by atoms with E-state index in [-0.39, 0.29) is 11.8 Å². The normalized spacial score (nSPS) is 16.7. The van der Waals surface area contributed by atoms with E-state index < -0.39 is 0 Å². The Morgan fingerprint density at radius 3 is 2.89 bits per heavy atom. The summed E-state index contributed by atoms with van der Waals surface area (Å²) in [7, 11) is 0. The zero-order valence-corrected chi connectivity index (χ0v) is 11.0. The molecule has 0 atom stereocenters. The van der Waals surface area contributed by atoms with Crippen molar-refractivity contribution in [3.05, 3.63) is 18.0 Å². The Morgan fingerprint density at radius 2 is 2.16 bits per heavy atom. The van der Waals surface area contributed by atoms with Gasteiger partial charge in [-0.2, -0.15) is 9.50 Å². The molecule has 0 saturated heterocycles. The lowest BCUT2D eigenvalue weighted by molar-refractivity contribution is -0.120. The van der Waals surface area contributed by atoms with Crippen LogP contribution < -0.4 is 5.32 Å². The first kappa shape index (κ1) is 12.1. The Balaban J connectivity index is 1.77. The number of amides is 1. The second kappa shape index (κ2) is 4.95. The van der Waals surface area contributed by atoms with Crippen LogP contribution in [0.1, 0.15) is 37.8 Å². The Morgan fingerprint density at radius 1 is 1.37 bits per heavy atom. The van der Waals surface area contributed by atoms with E-state index in [2.05, 4.69) is 20.4 Å². The fraction of sp³-hybridized carbons (Fsp3) is 0.538. The number of fused-ring (bicyclic) bond motifs is 1. The molecule has 100 valence electrons. The fourth-order valence-electron chi connectivity index (χ4n) is 2.54. The van der Waals surface area contributed by atoms with Crippen LogP contribution >= 0.6 is 0 Å². The van der Waals surface area contributed by atoms with Crippen molar-refractivity contribution in [2.24, 2.45) is 5.92 Å². The third kappa shape index (κ3) is 2.43. The number of carbonyl (C=O) groups excluding carboxylic acids is 1. The molecule has 0 bridgehead atoms. The maximum absolute atomic E-state index is 12.1. The van der Waals surface area contributed by atoms with E-state index in [0.717, 1.165) is 31.4 Å². The summed E-state index contributed by atoms with van der Waals surface area (Å²) in [5.74, 6) is 0.999. The van der Waals surface area contributed by atoms with E-state index in [0.29, 0.717) is 11.7 Å². The number of aromatic nitrogens is 4. The van der Waals surface area contributed by atoms with Crippen LogP contribution in [-0.4, -0.2) is 25.5 Å². The zero-order valence-electron chi connectivity index (χ0n) is 11.0. The van der Waals surface area contributed by atoms with Crippen molar-refractivity contribution >= 4 is 17.6 Å². The Hall–Kier alpha value is -1.98. The van der Waals surface area contributed by atoms with Crippen molar-refractivity contribution in [1.29, 1.82) is 0 Å². The van der Waals surface area contributed by atoms with E-state index in [1.54, 1.807) is 10.7 Å². The van der Waals surface area contributed by atoms with Crippen LogP contribution in [0.25, 0.3) is 5.78 Å². The van der Waals surface area contributed by atoms with Crippen LogP contribution in [0.3, 0.4) is 0 Å². The summed E-state index contributed by atoms with van der Waals surface area (Å²) in [4.78, 5) is 20.4. The molecule has 0 radical (unpaired) electrons. The molecule has 1 aliphatic rings. The van der Waals surface area contributed by atoms with Gasteiger partial charge in [-0.1, -0.05) is 19.3 Å². The number of nitrogens with one attached hydrogen (secondary N) is 1. The van der Waals surface area contributed by atoms with E-state index >= 15 is 0 Å². The molecule has 2 aromatic heterocycles. The van der Waals surface area contributed by atoms with Gasteiger partial charge in [-0.05, 0) is 25.8 Å². The molecule has 2 aromatic rings. The van der Waals surface area contributed by atoms with E-state index in [1.807, 2.05) is 13.0 Å². The minimum atomic E-state index is 0.0354. The molecule has 1 amide bonds. The number of rotatable bonds is 2. The molecule has 0 aromatic carbocycles. The van der Waals surface area contributed by atoms with Crippen LogP contribution in [0.5, 0.6) is 0 Å². The number of carbonyl (C=O) groups is 1. The van der Waals surface area contributed by atoms with Gasteiger partial charge in [0.2, 0.25) is 5.91 Å². The number of nitrogens with zero attached hydrogens (tertiary/aromatic N) is 4. The van der Waals surface area contributed by atoms with Crippen molar-refractivity contribution in [2.45, 2.75) is 39.0 Å². The van der Waals surface area contributed by atoms with Crippen molar-refractivity contribution in [3.63, 3.8) is 0 Å². The smallest absolute Gasteiger partial charge is 0.254 e. The SMILES string of the molecule is Cc1ccnc2nc(NC(=O)C3CCCCC3)nn12. The van der Waals surface area contributed by atoms with Crippen LogP contribution in [0.15, 0.2) is 12.3 Å². The van der Waals surface area contributed by atoms with Gasteiger partial charge in [0, 0.05) is 17.8 Å². The summed E-state index contributed by atoms with van der Waals surface area (Å²) >= 11 is 0. The van der Waals surface area contributed by atoms with Gasteiger partial charge in [0.25, 0.3) is 11.7 Å². The molecule has 0 unspecified atom stereocenters. The first-order valence-electron chi connectivity index (χ1n) is 6.73. The Bertz CT molecular complexity index is 600. The fourth-order valence-corrected chi connectivity index (χ4v) is 2.54. The van der Waals surface area contributed by atoms with Crippen molar-refractivity contribution in [3.8, 4) is 0 Å². The molecule has 6 heteroatoms. The highest BCUT2D eigenvalue weighted by molar-refractivity contribution is 5.91. The van der Waals surface area contributed by atoms with E-state index in [9.17, 15) is 4.79 Å². The molecular formula is C13H17N5O. The Kier molecular flexibility index (Phi) is 3.15. The molecule has 0 spiro atoms. The molecule has 6 nitrogen and oxygen atoms in total. The number of hydrogen-bond acceptors (Lipinski definition) is 4. The van der Waals surface area contributed by atoms with Gasteiger partial charge < -0.3 is 0 Å². The predicted molar refractivity (Wildman–Crippen MR) is 70.7 cm³/mol. The molecule has 3 rings (SSSR count). The third-order valence-electron chi connectivity index (χ3n) is 3.64. The highest BCUT2D eigenvalue weighted by Crippen LogP contribution is 2.24. The van der Waals surface area contributed by atoms with E-state index in [4.69, 9.17) is 0 Å². The van der Waals surface area contributed by atoms with Crippen molar-refractivity contribution in [1.82, 2.24) is 19.6 Å². The van der Waals surface area contributed by atoms with Gasteiger partial charge >= 0.3 is 0 Å². The average Bonchev–Trinajstić information content (AvgIpc) is 2.84. The maximum Gasteiger partial charge on any atom is 0.254 e. The quantitative estimate of drug-likeness (QED) is 0.894. The minimum absolute atomic E-state index is 0.0354. The highest BCUT2D eigenvalue weighted by atomic mass is 16.2. The molecule has 1 aliphatic carbocycles. The second-order valence-corrected chi connectivity index (χ2v) is 5.06. The number of hydrogen-bond donors (Lipinski definition) is 1. The lowest BCUT2D eigenvalue weighted by Gasteiger charge is -2.19. The Labute approximate surface area is 111 Å². The van der Waals surface area contributed by atoms with Crippen LogP contribution in [-0.2, 0) is 4.79 Å². The van der Waals surface area contributed by atoms with Gasteiger partial charge in [0.1, 0.15) is 0 Å². The number of aryl methyl sites for hydroxylation is 1. The number of anilines is 1. The van der Waals surface area contributed by atoms with Gasteiger partial charge in [0.15, 0.2) is 0 Å². The minimum Gasteiger partial charge on any atom is -0.293 e. The second-order valence-electron chi connectivity index (χ2n) is 5.06. The third-order valence-corrected chi connectivity index (χ3v) is 3.64. The molecule has 19 heavy (non-hydrogen) atoms. The summed E-state index contributed by atoms with van der Waals surface area (Å²) in [5, 5.41) is 7.06. The summed E-state index contributed by atoms with van der Waals surface area (Å²) < 4.78 is 1.64. The molecular weight excluding hydrogens is 242 g/mol. The van der Waals surface area contributed by atoms with E-state index in [1.165, 1.54) is 6.42 Å². The lowest BCUT2D eigenvalue weighted by atomic mass is 9.89. The van der Waals surface area contributed by atoms with Crippen LogP contribution in [0.4, 0.5) is 5.95 Å². The molecule has 2 heterocycles. The highest BCUT2D eigenvalue weighted by Gasteiger charge is 2.22. The summed E-state index contributed by atoms with van der Waals surface area (Å²) in [5.41, 5.74) is 0.940. The largest absolute Gasteiger partial charge is 0.293 e. The lowest BCUT2D eigenvalue weighted by Crippen LogP contribution is -2.25. The van der Waals surface area contributed by atoms with Gasteiger partial charge in [-0.25, -0.2) is 4.98 Å². The molecule has 0 aliphatic heterocycles.